The lowest BCUT2D eigenvalue weighted by Gasteiger charge is -1.83. The predicted molar refractivity (Wildman–Crippen MR) is 32.1 cm³/mol. The lowest BCUT2D eigenvalue weighted by atomic mass is 10.2. The third kappa shape index (κ3) is 1.01. The number of nitriles is 1. The van der Waals surface area contributed by atoms with Crippen LogP contribution in [0.1, 0.15) is 26.2 Å². The van der Waals surface area contributed by atoms with Crippen LogP contribution in [0.2, 0.25) is 0 Å². The van der Waals surface area contributed by atoms with Gasteiger partial charge in [0.15, 0.2) is 0 Å². The maximum absolute atomic E-state index is 8.24. The Bertz CT molecular complexity index is 112. The third-order valence-electron chi connectivity index (χ3n) is 1.95. The molecule has 1 heteroatoms. The number of nitrogens with zero attached hydrogens (tertiary/aromatic N) is 1. The summed E-state index contributed by atoms with van der Waals surface area (Å²) in [6.45, 7) is 2.20. The van der Waals surface area contributed by atoms with Gasteiger partial charge in [-0.3, -0.25) is 0 Å². The van der Waals surface area contributed by atoms with Crippen LogP contribution >= 0.6 is 0 Å². The van der Waals surface area contributed by atoms with Gasteiger partial charge in [0.05, 0.1) is 6.07 Å². The number of hydrogen-bond acceptors (Lipinski definition) is 1. The maximum atomic E-state index is 8.24. The molecule has 0 N–H and O–H groups in total. The molecule has 44 valence electrons. The van der Waals surface area contributed by atoms with Gasteiger partial charge in [-0.2, -0.15) is 5.26 Å². The van der Waals surface area contributed by atoms with Gasteiger partial charge in [0.2, 0.25) is 0 Å². The van der Waals surface area contributed by atoms with Crippen LogP contribution in [-0.4, -0.2) is 0 Å². The van der Waals surface area contributed by atoms with Crippen LogP contribution < -0.4 is 0 Å². The Labute approximate surface area is 50.3 Å². The molecule has 0 amide bonds. The average molecular weight is 109 g/mol. The first-order valence-corrected chi connectivity index (χ1v) is 3.25. The number of rotatable bonds is 2. The van der Waals surface area contributed by atoms with E-state index in [2.05, 4.69) is 13.0 Å². The minimum atomic E-state index is 0.769. The molecule has 1 aliphatic rings. The normalized spacial score (nSPS) is 34.0. The molecule has 0 aromatic rings. The summed E-state index contributed by atoms with van der Waals surface area (Å²) in [4.78, 5) is 0. The fraction of sp³-hybridized carbons (Fsp3) is 0.857. The van der Waals surface area contributed by atoms with Crippen LogP contribution in [0.3, 0.4) is 0 Å². The zero-order valence-electron chi connectivity index (χ0n) is 5.22. The Morgan fingerprint density at radius 3 is 2.75 bits per heavy atom. The lowest BCUT2D eigenvalue weighted by molar-refractivity contribution is 0.692. The zero-order chi connectivity index (χ0) is 5.98. The Morgan fingerprint density at radius 2 is 2.38 bits per heavy atom. The maximum Gasteiger partial charge on any atom is 0.0624 e. The molecule has 1 rings (SSSR count). The number of hydrogen-bond donors (Lipinski definition) is 0. The summed E-state index contributed by atoms with van der Waals surface area (Å²) in [6.07, 6.45) is 3.37. The second kappa shape index (κ2) is 2.17. The average Bonchev–Trinajstić information content (AvgIpc) is 2.48. The molecule has 0 unspecified atom stereocenters. The Kier molecular flexibility index (Phi) is 1.53. The fourth-order valence-corrected chi connectivity index (χ4v) is 1.18. The Hall–Kier alpha value is -0.510. The van der Waals surface area contributed by atoms with E-state index < -0.39 is 0 Å². The van der Waals surface area contributed by atoms with Gasteiger partial charge in [0.1, 0.15) is 0 Å². The van der Waals surface area contributed by atoms with E-state index in [0.29, 0.717) is 0 Å². The van der Waals surface area contributed by atoms with Gasteiger partial charge in [0, 0.05) is 6.42 Å². The minimum Gasteiger partial charge on any atom is -0.198 e. The lowest BCUT2D eigenvalue weighted by Crippen LogP contribution is -1.76. The van der Waals surface area contributed by atoms with E-state index in [9.17, 15) is 0 Å². The highest BCUT2D eigenvalue weighted by Crippen LogP contribution is 2.42. The molecular weight excluding hydrogens is 98.1 g/mol. The molecule has 0 radical (unpaired) electrons. The molecule has 1 nitrogen and oxygen atoms in total. The van der Waals surface area contributed by atoms with Crippen molar-refractivity contribution < 1.29 is 0 Å². The van der Waals surface area contributed by atoms with Gasteiger partial charge < -0.3 is 0 Å². The van der Waals surface area contributed by atoms with Crippen molar-refractivity contribution in [1.82, 2.24) is 0 Å². The van der Waals surface area contributed by atoms with Gasteiger partial charge in [0.25, 0.3) is 0 Å². The molecule has 0 heterocycles. The van der Waals surface area contributed by atoms with Gasteiger partial charge in [-0.15, -0.1) is 0 Å². The van der Waals surface area contributed by atoms with Crippen molar-refractivity contribution in [1.29, 1.82) is 5.26 Å². The molecule has 2 atom stereocenters. The fourth-order valence-electron chi connectivity index (χ4n) is 1.18. The van der Waals surface area contributed by atoms with E-state index in [0.717, 1.165) is 18.3 Å². The van der Waals surface area contributed by atoms with Gasteiger partial charge in [-0.05, 0) is 18.3 Å². The second-order valence-electron chi connectivity index (χ2n) is 2.53. The largest absolute Gasteiger partial charge is 0.198 e. The van der Waals surface area contributed by atoms with E-state index >= 15 is 0 Å². The standard InChI is InChI=1S/C7H11N/c1-2-6-5-7(6)3-4-8/h6-7H,2-3,5H2,1H3/t6-,7-/m1/s1. The monoisotopic (exact) mass is 109 g/mol. The van der Waals surface area contributed by atoms with E-state index in [-0.39, 0.29) is 0 Å². The van der Waals surface area contributed by atoms with E-state index in [1.54, 1.807) is 0 Å². The molecule has 0 bridgehead atoms. The van der Waals surface area contributed by atoms with Crippen molar-refractivity contribution >= 4 is 0 Å². The van der Waals surface area contributed by atoms with Gasteiger partial charge >= 0.3 is 0 Å². The van der Waals surface area contributed by atoms with E-state index in [4.69, 9.17) is 5.26 Å². The smallest absolute Gasteiger partial charge is 0.0624 e. The highest BCUT2D eigenvalue weighted by atomic mass is 14.4. The molecule has 1 saturated carbocycles. The van der Waals surface area contributed by atoms with Gasteiger partial charge in [-0.25, -0.2) is 0 Å². The van der Waals surface area contributed by atoms with Crippen LogP contribution in [0.25, 0.3) is 0 Å². The van der Waals surface area contributed by atoms with Crippen LogP contribution in [-0.2, 0) is 0 Å². The van der Waals surface area contributed by atoms with Crippen molar-refractivity contribution in [2.75, 3.05) is 0 Å². The van der Waals surface area contributed by atoms with Crippen LogP contribution in [0.4, 0.5) is 0 Å². The van der Waals surface area contributed by atoms with Crippen LogP contribution in [0.5, 0.6) is 0 Å². The zero-order valence-corrected chi connectivity index (χ0v) is 5.22. The van der Waals surface area contributed by atoms with Crippen molar-refractivity contribution in [3.63, 3.8) is 0 Å². The summed E-state index contributed by atoms with van der Waals surface area (Å²) in [5.41, 5.74) is 0. The third-order valence-corrected chi connectivity index (χ3v) is 1.95. The summed E-state index contributed by atoms with van der Waals surface area (Å²) in [7, 11) is 0. The summed E-state index contributed by atoms with van der Waals surface area (Å²) < 4.78 is 0. The quantitative estimate of drug-likeness (QED) is 0.531. The molecule has 0 aromatic heterocycles. The van der Waals surface area contributed by atoms with Gasteiger partial charge in [-0.1, -0.05) is 13.3 Å². The first kappa shape index (κ1) is 5.62. The molecular formula is C7H11N. The molecule has 0 spiro atoms. The molecule has 0 aromatic carbocycles. The van der Waals surface area contributed by atoms with Crippen molar-refractivity contribution in [2.45, 2.75) is 26.2 Å². The van der Waals surface area contributed by atoms with E-state index in [1.165, 1.54) is 12.8 Å². The minimum absolute atomic E-state index is 0.769. The van der Waals surface area contributed by atoms with Crippen molar-refractivity contribution in [3.05, 3.63) is 0 Å². The highest BCUT2D eigenvalue weighted by Gasteiger charge is 2.34. The van der Waals surface area contributed by atoms with E-state index in [1.807, 2.05) is 0 Å². The summed E-state index contributed by atoms with van der Waals surface area (Å²) >= 11 is 0. The summed E-state index contributed by atoms with van der Waals surface area (Å²) in [6, 6.07) is 2.19. The van der Waals surface area contributed by atoms with Crippen molar-refractivity contribution in [2.24, 2.45) is 11.8 Å². The topological polar surface area (TPSA) is 23.8 Å². The highest BCUT2D eigenvalue weighted by molar-refractivity contribution is 4.91. The second-order valence-corrected chi connectivity index (χ2v) is 2.53. The molecule has 1 fully saturated rings. The molecule has 0 aliphatic heterocycles. The summed E-state index contributed by atoms with van der Waals surface area (Å²) in [5.74, 6) is 1.67. The SMILES string of the molecule is CC[C@@H]1C[C@H]1CC#N. The Balaban J connectivity index is 2.10. The van der Waals surface area contributed by atoms with Crippen LogP contribution in [0, 0.1) is 23.2 Å². The van der Waals surface area contributed by atoms with Crippen LogP contribution in [0.15, 0.2) is 0 Å². The molecule has 1 aliphatic carbocycles. The summed E-state index contributed by atoms with van der Waals surface area (Å²) in [5, 5.41) is 8.24. The first-order chi connectivity index (χ1) is 3.88. The predicted octanol–water partition coefficient (Wildman–Crippen LogP) is 1.95. The van der Waals surface area contributed by atoms with Crippen molar-refractivity contribution in [3.8, 4) is 6.07 Å². The Morgan fingerprint density at radius 1 is 1.62 bits per heavy atom. The molecule has 0 saturated heterocycles. The molecule has 8 heavy (non-hydrogen) atoms. The first-order valence-electron chi connectivity index (χ1n) is 3.25.